The summed E-state index contributed by atoms with van der Waals surface area (Å²) in [7, 11) is 0. The highest BCUT2D eigenvalue weighted by Crippen LogP contribution is 2.26. The molecular formula is C7H2ClF3N2O3. The largest absolute Gasteiger partial charge is 0.400 e. The number of pyridine rings is 1. The maximum absolute atomic E-state index is 12.9. The molecule has 1 rings (SSSR count). The van der Waals surface area contributed by atoms with Crippen LogP contribution in [0.5, 0.6) is 0 Å². The number of hydrogen-bond donors (Lipinski definition) is 0. The van der Waals surface area contributed by atoms with E-state index in [1.165, 1.54) is 0 Å². The molecule has 1 aromatic rings. The van der Waals surface area contributed by atoms with Gasteiger partial charge in [0.2, 0.25) is 11.5 Å². The van der Waals surface area contributed by atoms with Crippen LogP contribution in [-0.4, -0.2) is 15.1 Å². The van der Waals surface area contributed by atoms with Gasteiger partial charge in [0.1, 0.15) is 0 Å². The first-order valence-electron chi connectivity index (χ1n) is 3.67. The average Bonchev–Trinajstić information content (AvgIpc) is 2.15. The van der Waals surface area contributed by atoms with Crippen molar-refractivity contribution in [3.05, 3.63) is 33.3 Å². The second-order valence-corrected chi connectivity index (χ2v) is 2.90. The summed E-state index contributed by atoms with van der Waals surface area (Å²) in [6.45, 7) is 0. The number of carbonyl (C=O) groups is 1. The highest BCUT2D eigenvalue weighted by atomic mass is 35.5. The summed E-state index contributed by atoms with van der Waals surface area (Å²) in [6.07, 6.45) is -3.27. The minimum absolute atomic E-state index is 0.266. The van der Waals surface area contributed by atoms with Crippen molar-refractivity contribution in [2.75, 3.05) is 0 Å². The molecule has 16 heavy (non-hydrogen) atoms. The van der Waals surface area contributed by atoms with Crippen LogP contribution in [0.15, 0.2) is 6.07 Å². The van der Waals surface area contributed by atoms with Crippen LogP contribution in [0.25, 0.3) is 0 Å². The summed E-state index contributed by atoms with van der Waals surface area (Å²) >= 11 is 4.91. The molecule has 0 aromatic carbocycles. The average molecular weight is 255 g/mol. The van der Waals surface area contributed by atoms with Crippen molar-refractivity contribution in [2.45, 2.75) is 6.43 Å². The Morgan fingerprint density at radius 3 is 2.50 bits per heavy atom. The molecule has 0 saturated carbocycles. The van der Waals surface area contributed by atoms with E-state index in [1.807, 2.05) is 0 Å². The molecule has 5 nitrogen and oxygen atoms in total. The molecule has 86 valence electrons. The highest BCUT2D eigenvalue weighted by Gasteiger charge is 2.30. The Hall–Kier alpha value is -1.70. The van der Waals surface area contributed by atoms with Gasteiger partial charge in [-0.05, 0) is 27.6 Å². The summed E-state index contributed by atoms with van der Waals surface area (Å²) in [5.41, 5.74) is -2.10. The lowest BCUT2D eigenvalue weighted by atomic mass is 10.2. The van der Waals surface area contributed by atoms with Gasteiger partial charge in [0.25, 0.3) is 5.24 Å². The molecule has 0 fully saturated rings. The second-order valence-electron chi connectivity index (χ2n) is 2.56. The Bertz CT molecular complexity index is 466. The summed E-state index contributed by atoms with van der Waals surface area (Å²) < 4.78 is 37.6. The SMILES string of the molecule is O=C(Cl)c1cc(F)c([N+](=O)[O-])nc1C(F)F. The lowest BCUT2D eigenvalue weighted by molar-refractivity contribution is -0.392. The fourth-order valence-corrected chi connectivity index (χ4v) is 1.10. The first-order chi connectivity index (χ1) is 7.34. The maximum atomic E-state index is 12.9. The van der Waals surface area contributed by atoms with Crippen LogP contribution in [0, 0.1) is 15.9 Å². The molecule has 0 spiro atoms. The summed E-state index contributed by atoms with van der Waals surface area (Å²) in [6, 6.07) is 0.266. The normalized spacial score (nSPS) is 10.6. The minimum atomic E-state index is -3.27. The molecule has 0 N–H and O–H groups in total. The first kappa shape index (κ1) is 12.4. The van der Waals surface area contributed by atoms with Gasteiger partial charge in [-0.25, -0.2) is 8.78 Å². The van der Waals surface area contributed by atoms with Crippen molar-refractivity contribution in [2.24, 2.45) is 0 Å². The number of aromatic nitrogens is 1. The first-order valence-corrected chi connectivity index (χ1v) is 4.05. The van der Waals surface area contributed by atoms with E-state index in [4.69, 9.17) is 11.6 Å². The van der Waals surface area contributed by atoms with E-state index >= 15 is 0 Å². The van der Waals surface area contributed by atoms with Crippen molar-refractivity contribution in [1.82, 2.24) is 4.98 Å². The van der Waals surface area contributed by atoms with E-state index in [2.05, 4.69) is 4.98 Å². The van der Waals surface area contributed by atoms with Gasteiger partial charge in [-0.1, -0.05) is 0 Å². The predicted molar refractivity (Wildman–Crippen MR) is 46.0 cm³/mol. The molecule has 0 unspecified atom stereocenters. The Morgan fingerprint density at radius 2 is 2.12 bits per heavy atom. The third-order valence-electron chi connectivity index (χ3n) is 1.58. The molecule has 1 aromatic heterocycles. The van der Waals surface area contributed by atoms with E-state index in [-0.39, 0.29) is 6.07 Å². The molecule has 0 amide bonds. The zero-order valence-corrected chi connectivity index (χ0v) is 8.04. The van der Waals surface area contributed by atoms with Crippen LogP contribution in [0.3, 0.4) is 0 Å². The molecule has 0 atom stereocenters. The highest BCUT2D eigenvalue weighted by molar-refractivity contribution is 6.67. The van der Waals surface area contributed by atoms with Gasteiger partial charge in [0.15, 0.2) is 0 Å². The van der Waals surface area contributed by atoms with E-state index < -0.39 is 39.5 Å². The van der Waals surface area contributed by atoms with Crippen LogP contribution in [0.2, 0.25) is 0 Å². The Labute approximate surface area is 91.0 Å². The Kier molecular flexibility index (Phi) is 3.43. The monoisotopic (exact) mass is 254 g/mol. The Morgan fingerprint density at radius 1 is 1.56 bits per heavy atom. The molecule has 0 bridgehead atoms. The number of hydrogen-bond acceptors (Lipinski definition) is 4. The van der Waals surface area contributed by atoms with E-state index in [0.29, 0.717) is 0 Å². The van der Waals surface area contributed by atoms with Crippen molar-refractivity contribution in [3.63, 3.8) is 0 Å². The number of halogens is 4. The molecule has 0 saturated heterocycles. The quantitative estimate of drug-likeness (QED) is 0.472. The number of rotatable bonds is 3. The smallest absolute Gasteiger partial charge is 0.358 e. The van der Waals surface area contributed by atoms with Crippen molar-refractivity contribution in [3.8, 4) is 0 Å². The molecule has 0 aliphatic carbocycles. The third kappa shape index (κ3) is 2.27. The van der Waals surface area contributed by atoms with Gasteiger partial charge in [0, 0.05) is 0 Å². The van der Waals surface area contributed by atoms with Gasteiger partial charge < -0.3 is 10.1 Å². The van der Waals surface area contributed by atoms with E-state index in [1.54, 1.807) is 0 Å². The van der Waals surface area contributed by atoms with E-state index in [9.17, 15) is 28.1 Å². The lowest BCUT2D eigenvalue weighted by Crippen LogP contribution is -2.07. The third-order valence-corrected chi connectivity index (χ3v) is 1.78. The molecule has 9 heteroatoms. The number of carbonyl (C=O) groups excluding carboxylic acids is 1. The standard InChI is InChI=1S/C7H2ClF3N2O3/c8-5(14)2-1-3(9)7(13(15)16)12-4(2)6(10)11/h1,6H. The summed E-state index contributed by atoms with van der Waals surface area (Å²) in [5.74, 6) is -2.88. The van der Waals surface area contributed by atoms with Gasteiger partial charge in [-0.2, -0.15) is 4.39 Å². The lowest BCUT2D eigenvalue weighted by Gasteiger charge is -2.01. The van der Waals surface area contributed by atoms with Crippen LogP contribution >= 0.6 is 11.6 Å². The van der Waals surface area contributed by atoms with Crippen LogP contribution in [0.4, 0.5) is 19.0 Å². The maximum Gasteiger partial charge on any atom is 0.400 e. The summed E-state index contributed by atoms with van der Waals surface area (Å²) in [4.78, 5) is 22.4. The van der Waals surface area contributed by atoms with Crippen LogP contribution in [-0.2, 0) is 0 Å². The topological polar surface area (TPSA) is 73.1 Å². The van der Waals surface area contributed by atoms with Crippen LogP contribution < -0.4 is 0 Å². The molecule has 0 aliphatic heterocycles. The van der Waals surface area contributed by atoms with Gasteiger partial charge in [-0.3, -0.25) is 4.79 Å². The molecule has 0 radical (unpaired) electrons. The zero-order valence-electron chi connectivity index (χ0n) is 7.29. The van der Waals surface area contributed by atoms with E-state index in [0.717, 1.165) is 0 Å². The second kappa shape index (κ2) is 4.44. The van der Waals surface area contributed by atoms with Crippen LogP contribution in [0.1, 0.15) is 22.5 Å². The number of alkyl halides is 2. The van der Waals surface area contributed by atoms with Gasteiger partial charge in [-0.15, -0.1) is 0 Å². The minimum Gasteiger partial charge on any atom is -0.358 e. The fourth-order valence-electron chi connectivity index (χ4n) is 0.945. The number of nitrogens with zero attached hydrogens (tertiary/aromatic N) is 2. The Balaban J connectivity index is 3.49. The zero-order chi connectivity index (χ0) is 12.5. The van der Waals surface area contributed by atoms with Gasteiger partial charge >= 0.3 is 12.2 Å². The predicted octanol–water partition coefficient (Wildman–Crippen LogP) is 2.45. The van der Waals surface area contributed by atoms with Crippen molar-refractivity contribution >= 4 is 22.7 Å². The van der Waals surface area contributed by atoms with Crippen molar-refractivity contribution in [1.29, 1.82) is 0 Å². The van der Waals surface area contributed by atoms with Crippen molar-refractivity contribution < 1.29 is 22.9 Å². The molecular weight excluding hydrogens is 253 g/mol. The van der Waals surface area contributed by atoms with Gasteiger partial charge in [0.05, 0.1) is 5.56 Å². The fraction of sp³-hybridized carbons (Fsp3) is 0.143. The molecule has 0 aliphatic rings. The number of nitro groups is 1. The molecule has 1 heterocycles. The summed E-state index contributed by atoms with van der Waals surface area (Å²) in [5, 5.41) is 8.85.